The molecule has 0 radical (unpaired) electrons. The van der Waals surface area contributed by atoms with Gasteiger partial charge in [0.1, 0.15) is 17.0 Å². The molecule has 7 nitrogen and oxygen atoms in total. The van der Waals surface area contributed by atoms with Crippen molar-refractivity contribution in [3.8, 4) is 11.4 Å². The monoisotopic (exact) mass is 300 g/mol. The number of rotatable bonds is 3. The molecule has 0 aromatic carbocycles. The molecule has 0 amide bonds. The van der Waals surface area contributed by atoms with Gasteiger partial charge in [0.05, 0.1) is 18.5 Å². The zero-order valence-corrected chi connectivity index (χ0v) is 12.9. The number of aryl methyl sites for hydroxylation is 3. The number of carbonyl (C=O) groups is 1. The van der Waals surface area contributed by atoms with Crippen molar-refractivity contribution in [3.05, 3.63) is 35.2 Å². The van der Waals surface area contributed by atoms with Crippen molar-refractivity contribution >= 4 is 11.6 Å². The summed E-state index contributed by atoms with van der Waals surface area (Å²) in [5.41, 5.74) is 2.94. The van der Waals surface area contributed by atoms with E-state index in [1.54, 1.807) is 18.4 Å². The van der Waals surface area contributed by atoms with Gasteiger partial charge in [-0.1, -0.05) is 0 Å². The highest BCUT2D eigenvalue weighted by Gasteiger charge is 2.19. The number of oxazole rings is 1. The zero-order valence-electron chi connectivity index (χ0n) is 12.9. The summed E-state index contributed by atoms with van der Waals surface area (Å²) >= 11 is 0. The van der Waals surface area contributed by atoms with Gasteiger partial charge in [0, 0.05) is 12.6 Å². The molecule has 3 rings (SSSR count). The molecule has 22 heavy (non-hydrogen) atoms. The molecule has 0 fully saturated rings. The smallest absolute Gasteiger partial charge is 0.343 e. The average molecular weight is 300 g/mol. The third-order valence-electron chi connectivity index (χ3n) is 3.29. The highest BCUT2D eigenvalue weighted by atomic mass is 16.5. The molecular weight excluding hydrogens is 284 g/mol. The molecule has 0 saturated heterocycles. The number of hydrogen-bond acceptors (Lipinski definition) is 6. The van der Waals surface area contributed by atoms with Crippen LogP contribution in [0, 0.1) is 20.8 Å². The molecule has 3 aromatic rings. The molecule has 114 valence electrons. The first-order valence-electron chi connectivity index (χ1n) is 6.98. The van der Waals surface area contributed by atoms with Gasteiger partial charge in [-0.15, -0.1) is 0 Å². The van der Waals surface area contributed by atoms with Crippen molar-refractivity contribution in [2.45, 2.75) is 27.7 Å². The fraction of sp³-hybridized carbons (Fsp3) is 0.333. The van der Waals surface area contributed by atoms with E-state index in [0.717, 1.165) is 5.69 Å². The van der Waals surface area contributed by atoms with Crippen molar-refractivity contribution < 1.29 is 13.9 Å². The Morgan fingerprint density at radius 3 is 2.73 bits per heavy atom. The van der Waals surface area contributed by atoms with Crippen molar-refractivity contribution in [2.75, 3.05) is 6.61 Å². The molecule has 0 aliphatic carbocycles. The van der Waals surface area contributed by atoms with E-state index in [2.05, 4.69) is 15.1 Å². The lowest BCUT2D eigenvalue weighted by Gasteiger charge is -2.04. The normalized spacial score (nSPS) is 11.1. The predicted octanol–water partition coefficient (Wildman–Crippen LogP) is 2.49. The Kier molecular flexibility index (Phi) is 3.40. The van der Waals surface area contributed by atoms with E-state index in [1.807, 2.05) is 19.9 Å². The van der Waals surface area contributed by atoms with Gasteiger partial charge >= 0.3 is 5.97 Å². The largest absolute Gasteiger partial charge is 0.462 e. The van der Waals surface area contributed by atoms with Gasteiger partial charge in [0.2, 0.25) is 0 Å². The first kappa shape index (κ1) is 14.2. The molecule has 3 heterocycles. The molecule has 0 aliphatic rings. The number of hydrogen-bond donors (Lipinski definition) is 0. The van der Waals surface area contributed by atoms with Crippen LogP contribution in [0.5, 0.6) is 0 Å². The maximum Gasteiger partial charge on any atom is 0.343 e. The highest BCUT2D eigenvalue weighted by Crippen LogP contribution is 2.24. The van der Waals surface area contributed by atoms with E-state index in [-0.39, 0.29) is 0 Å². The summed E-state index contributed by atoms with van der Waals surface area (Å²) in [4.78, 5) is 20.9. The van der Waals surface area contributed by atoms with Crippen LogP contribution in [0.3, 0.4) is 0 Å². The minimum absolute atomic E-state index is 0.302. The molecule has 0 N–H and O–H groups in total. The van der Waals surface area contributed by atoms with Crippen LogP contribution in [0.15, 0.2) is 16.7 Å². The van der Waals surface area contributed by atoms with Gasteiger partial charge in [-0.25, -0.2) is 19.3 Å². The second kappa shape index (κ2) is 5.25. The number of fused-ring (bicyclic) bond motifs is 1. The summed E-state index contributed by atoms with van der Waals surface area (Å²) in [5.74, 6) is 0.825. The minimum atomic E-state index is -0.436. The summed E-state index contributed by atoms with van der Waals surface area (Å²) in [6, 6.07) is 1.86. The Hall–Kier alpha value is -2.70. The lowest BCUT2D eigenvalue weighted by atomic mass is 10.2. The van der Waals surface area contributed by atoms with Crippen LogP contribution in [0.25, 0.3) is 17.0 Å². The second-order valence-electron chi connectivity index (χ2n) is 4.93. The number of esters is 1. The van der Waals surface area contributed by atoms with Crippen molar-refractivity contribution in [2.24, 2.45) is 0 Å². The Labute approximate surface area is 126 Å². The van der Waals surface area contributed by atoms with Crippen LogP contribution in [-0.4, -0.2) is 32.2 Å². The molecule has 0 spiro atoms. The summed E-state index contributed by atoms with van der Waals surface area (Å²) in [7, 11) is 0. The highest BCUT2D eigenvalue weighted by molar-refractivity contribution is 5.95. The summed E-state index contributed by atoms with van der Waals surface area (Å²) in [6.07, 6.45) is 1.47. The quantitative estimate of drug-likeness (QED) is 0.691. The van der Waals surface area contributed by atoms with Gasteiger partial charge in [-0.3, -0.25) is 0 Å². The summed E-state index contributed by atoms with van der Waals surface area (Å²) in [6.45, 7) is 7.57. The van der Waals surface area contributed by atoms with Gasteiger partial charge in [-0.2, -0.15) is 5.10 Å². The number of nitrogens with zero attached hydrogens (tertiary/aromatic N) is 4. The number of carbonyl (C=O) groups excluding carboxylic acids is 1. The van der Waals surface area contributed by atoms with Gasteiger partial charge in [0.15, 0.2) is 11.5 Å². The maximum atomic E-state index is 12.0. The van der Waals surface area contributed by atoms with Crippen LogP contribution < -0.4 is 0 Å². The molecule has 0 unspecified atom stereocenters. The molecular formula is C15H16N4O3. The lowest BCUT2D eigenvalue weighted by Crippen LogP contribution is -2.06. The number of aromatic nitrogens is 4. The van der Waals surface area contributed by atoms with E-state index < -0.39 is 5.97 Å². The predicted molar refractivity (Wildman–Crippen MR) is 78.7 cm³/mol. The van der Waals surface area contributed by atoms with Crippen LogP contribution in [0.2, 0.25) is 0 Å². The Morgan fingerprint density at radius 2 is 2.09 bits per heavy atom. The molecule has 3 aromatic heterocycles. The van der Waals surface area contributed by atoms with Crippen LogP contribution in [0.1, 0.15) is 34.6 Å². The van der Waals surface area contributed by atoms with E-state index in [9.17, 15) is 4.79 Å². The van der Waals surface area contributed by atoms with E-state index in [4.69, 9.17) is 9.15 Å². The average Bonchev–Trinajstić information content (AvgIpc) is 3.02. The third kappa shape index (κ3) is 2.24. The molecule has 0 saturated carbocycles. The Morgan fingerprint density at radius 1 is 1.32 bits per heavy atom. The molecule has 0 bridgehead atoms. The minimum Gasteiger partial charge on any atom is -0.462 e. The van der Waals surface area contributed by atoms with E-state index in [0.29, 0.717) is 40.9 Å². The van der Waals surface area contributed by atoms with Gasteiger partial charge < -0.3 is 9.15 Å². The Balaban J connectivity index is 2.20. The Bertz CT molecular complexity index is 863. The summed E-state index contributed by atoms with van der Waals surface area (Å²) < 4.78 is 12.1. The first-order valence-corrected chi connectivity index (χ1v) is 6.98. The SMILES string of the molecule is CCOC(=O)c1cnn2c(C)cc(-c3nc(C)oc3C)nc12. The molecule has 0 atom stereocenters. The topological polar surface area (TPSA) is 82.5 Å². The van der Waals surface area contributed by atoms with Crippen LogP contribution >= 0.6 is 0 Å². The van der Waals surface area contributed by atoms with Crippen LogP contribution in [0.4, 0.5) is 0 Å². The lowest BCUT2D eigenvalue weighted by molar-refractivity contribution is 0.0528. The standard InChI is InChI=1S/C15H16N4O3/c1-5-21-15(20)11-7-16-19-8(2)6-12(18-14(11)19)13-9(3)22-10(4)17-13/h6-7H,5H2,1-4H3. The van der Waals surface area contributed by atoms with E-state index >= 15 is 0 Å². The van der Waals surface area contributed by atoms with Gasteiger partial charge in [-0.05, 0) is 26.8 Å². The van der Waals surface area contributed by atoms with Crippen molar-refractivity contribution in [3.63, 3.8) is 0 Å². The fourth-order valence-electron chi connectivity index (χ4n) is 2.35. The van der Waals surface area contributed by atoms with E-state index in [1.165, 1.54) is 6.20 Å². The van der Waals surface area contributed by atoms with Crippen molar-refractivity contribution in [1.82, 2.24) is 19.6 Å². The van der Waals surface area contributed by atoms with Gasteiger partial charge in [0.25, 0.3) is 0 Å². The maximum absolute atomic E-state index is 12.0. The fourth-order valence-corrected chi connectivity index (χ4v) is 2.35. The third-order valence-corrected chi connectivity index (χ3v) is 3.29. The first-order chi connectivity index (χ1) is 10.5. The zero-order chi connectivity index (χ0) is 15.9. The van der Waals surface area contributed by atoms with Crippen molar-refractivity contribution in [1.29, 1.82) is 0 Å². The van der Waals surface area contributed by atoms with Crippen LogP contribution in [-0.2, 0) is 4.74 Å². The number of ether oxygens (including phenoxy) is 1. The summed E-state index contributed by atoms with van der Waals surface area (Å²) in [5, 5.41) is 4.19. The molecule has 7 heteroatoms. The molecule has 0 aliphatic heterocycles. The second-order valence-corrected chi connectivity index (χ2v) is 4.93.